The molecule has 7 nitrogen and oxygen atoms in total. The van der Waals surface area contributed by atoms with Gasteiger partial charge in [0.25, 0.3) is 0 Å². The summed E-state index contributed by atoms with van der Waals surface area (Å²) in [5.74, 6) is 0.530. The second kappa shape index (κ2) is 6.31. The highest BCUT2D eigenvalue weighted by atomic mass is 16.6. The molecule has 2 heterocycles. The SMILES string of the molecule is CN1CCN(c2cc(NC(=O)OC(C)(C)C)ccn2)C(=O)C1. The number of hydrogen-bond donors (Lipinski definition) is 1. The Kier molecular flexibility index (Phi) is 4.65. The van der Waals surface area contributed by atoms with Gasteiger partial charge in [-0.25, -0.2) is 9.78 Å². The molecule has 120 valence electrons. The van der Waals surface area contributed by atoms with Gasteiger partial charge in [0.2, 0.25) is 5.91 Å². The van der Waals surface area contributed by atoms with Crippen LogP contribution in [-0.2, 0) is 9.53 Å². The number of rotatable bonds is 2. The van der Waals surface area contributed by atoms with E-state index in [2.05, 4.69) is 10.3 Å². The van der Waals surface area contributed by atoms with Crippen molar-refractivity contribution >= 4 is 23.5 Å². The highest BCUT2D eigenvalue weighted by Crippen LogP contribution is 2.19. The Morgan fingerprint density at radius 2 is 2.09 bits per heavy atom. The van der Waals surface area contributed by atoms with Crippen molar-refractivity contribution in [1.82, 2.24) is 9.88 Å². The van der Waals surface area contributed by atoms with Crippen molar-refractivity contribution in [1.29, 1.82) is 0 Å². The molecule has 1 fully saturated rings. The van der Waals surface area contributed by atoms with Crippen LogP contribution in [-0.4, -0.2) is 54.2 Å². The molecule has 22 heavy (non-hydrogen) atoms. The predicted molar refractivity (Wildman–Crippen MR) is 83.9 cm³/mol. The summed E-state index contributed by atoms with van der Waals surface area (Å²) in [6.07, 6.45) is 1.03. The highest BCUT2D eigenvalue weighted by Gasteiger charge is 2.24. The molecule has 2 rings (SSSR count). The number of likely N-dealkylation sites (N-methyl/N-ethyl adjacent to an activating group) is 1. The Labute approximate surface area is 130 Å². The lowest BCUT2D eigenvalue weighted by molar-refractivity contribution is -0.120. The minimum atomic E-state index is -0.562. The second-order valence-electron chi connectivity index (χ2n) is 6.31. The van der Waals surface area contributed by atoms with Gasteiger partial charge in [-0.05, 0) is 33.9 Å². The molecule has 0 saturated carbocycles. The van der Waals surface area contributed by atoms with Gasteiger partial charge < -0.3 is 4.74 Å². The topological polar surface area (TPSA) is 74.8 Å². The number of hydrogen-bond acceptors (Lipinski definition) is 5. The van der Waals surface area contributed by atoms with Gasteiger partial charge in [-0.1, -0.05) is 0 Å². The minimum absolute atomic E-state index is 0.00401. The maximum atomic E-state index is 12.1. The van der Waals surface area contributed by atoms with Crippen LogP contribution in [0.25, 0.3) is 0 Å². The van der Waals surface area contributed by atoms with E-state index in [4.69, 9.17) is 4.74 Å². The van der Waals surface area contributed by atoms with Gasteiger partial charge in [0, 0.05) is 31.0 Å². The highest BCUT2D eigenvalue weighted by molar-refractivity contribution is 5.95. The lowest BCUT2D eigenvalue weighted by atomic mass is 10.2. The Morgan fingerprint density at radius 1 is 1.36 bits per heavy atom. The van der Waals surface area contributed by atoms with Crippen molar-refractivity contribution in [2.45, 2.75) is 26.4 Å². The van der Waals surface area contributed by atoms with Gasteiger partial charge in [-0.3, -0.25) is 19.9 Å². The summed E-state index contributed by atoms with van der Waals surface area (Å²) in [6.45, 7) is 7.13. The Hall–Kier alpha value is -2.15. The van der Waals surface area contributed by atoms with E-state index < -0.39 is 11.7 Å². The molecule has 7 heteroatoms. The molecule has 0 aliphatic carbocycles. The second-order valence-corrected chi connectivity index (χ2v) is 6.31. The van der Waals surface area contributed by atoms with Crippen LogP contribution in [0.15, 0.2) is 18.3 Å². The maximum absolute atomic E-state index is 12.1. The van der Waals surface area contributed by atoms with Crippen molar-refractivity contribution < 1.29 is 14.3 Å². The van der Waals surface area contributed by atoms with Crippen molar-refractivity contribution in [2.24, 2.45) is 0 Å². The smallest absolute Gasteiger partial charge is 0.412 e. The van der Waals surface area contributed by atoms with Gasteiger partial charge in [0.1, 0.15) is 11.4 Å². The summed E-state index contributed by atoms with van der Waals surface area (Å²) < 4.78 is 5.20. The Balaban J connectivity index is 2.07. The summed E-state index contributed by atoms with van der Waals surface area (Å²) >= 11 is 0. The molecule has 1 saturated heterocycles. The molecule has 0 radical (unpaired) electrons. The van der Waals surface area contributed by atoms with Gasteiger partial charge >= 0.3 is 6.09 Å². The van der Waals surface area contributed by atoms with E-state index in [0.29, 0.717) is 24.6 Å². The van der Waals surface area contributed by atoms with Crippen LogP contribution in [0.2, 0.25) is 0 Å². The van der Waals surface area contributed by atoms with Gasteiger partial charge in [-0.2, -0.15) is 0 Å². The van der Waals surface area contributed by atoms with Gasteiger partial charge in [0.15, 0.2) is 0 Å². The van der Waals surface area contributed by atoms with Crippen molar-refractivity contribution in [2.75, 3.05) is 36.9 Å². The lowest BCUT2D eigenvalue weighted by Crippen LogP contribution is -2.49. The van der Waals surface area contributed by atoms with Crippen LogP contribution in [0.3, 0.4) is 0 Å². The monoisotopic (exact) mass is 306 g/mol. The maximum Gasteiger partial charge on any atom is 0.412 e. The summed E-state index contributed by atoms with van der Waals surface area (Å²) in [7, 11) is 1.91. The molecular weight excluding hydrogens is 284 g/mol. The van der Waals surface area contributed by atoms with Crippen LogP contribution in [0.5, 0.6) is 0 Å². The molecule has 0 atom stereocenters. The van der Waals surface area contributed by atoms with Crippen molar-refractivity contribution in [3.63, 3.8) is 0 Å². The van der Waals surface area contributed by atoms with E-state index in [0.717, 1.165) is 6.54 Å². The van der Waals surface area contributed by atoms with E-state index >= 15 is 0 Å². The summed E-state index contributed by atoms with van der Waals surface area (Å²) in [6, 6.07) is 3.33. The predicted octanol–water partition coefficient (Wildman–Crippen LogP) is 1.71. The number of nitrogens with zero attached hydrogens (tertiary/aromatic N) is 3. The number of nitrogens with one attached hydrogen (secondary N) is 1. The van der Waals surface area contributed by atoms with E-state index in [1.807, 2.05) is 11.9 Å². The lowest BCUT2D eigenvalue weighted by Gasteiger charge is -2.31. The average molecular weight is 306 g/mol. The molecule has 2 amide bonds. The molecule has 0 bridgehead atoms. The molecule has 1 N–H and O–H groups in total. The molecule has 0 aromatic carbocycles. The van der Waals surface area contributed by atoms with E-state index in [1.165, 1.54) is 0 Å². The summed E-state index contributed by atoms with van der Waals surface area (Å²) in [4.78, 5) is 31.6. The average Bonchev–Trinajstić information content (AvgIpc) is 2.36. The summed E-state index contributed by atoms with van der Waals surface area (Å²) in [5.41, 5.74) is -0.0149. The third-order valence-corrected chi connectivity index (χ3v) is 3.08. The number of amides is 2. The zero-order valence-electron chi connectivity index (χ0n) is 13.4. The third kappa shape index (κ3) is 4.42. The zero-order valence-corrected chi connectivity index (χ0v) is 13.4. The van der Waals surface area contributed by atoms with Crippen LogP contribution in [0, 0.1) is 0 Å². The third-order valence-electron chi connectivity index (χ3n) is 3.08. The number of aromatic nitrogens is 1. The van der Waals surface area contributed by atoms with Crippen molar-refractivity contribution in [3.05, 3.63) is 18.3 Å². The van der Waals surface area contributed by atoms with Crippen LogP contribution < -0.4 is 10.2 Å². The molecule has 1 aromatic rings. The number of ether oxygens (including phenoxy) is 1. The Bertz CT molecular complexity index is 568. The van der Waals surface area contributed by atoms with Crippen LogP contribution in [0.1, 0.15) is 20.8 Å². The van der Waals surface area contributed by atoms with Gasteiger partial charge in [-0.15, -0.1) is 0 Å². The fraction of sp³-hybridized carbons (Fsp3) is 0.533. The molecular formula is C15H22N4O3. The molecule has 1 aliphatic rings. The standard InChI is InChI=1S/C15H22N4O3/c1-15(2,3)22-14(21)17-11-5-6-16-12(9-11)19-8-7-18(4)10-13(19)20/h5-6,9H,7-8,10H2,1-4H3,(H,16,17,21). The first kappa shape index (κ1) is 16.2. The van der Waals surface area contributed by atoms with E-state index in [-0.39, 0.29) is 5.91 Å². The Morgan fingerprint density at radius 3 is 2.73 bits per heavy atom. The van der Waals surface area contributed by atoms with E-state index in [1.54, 1.807) is 44.0 Å². The van der Waals surface area contributed by atoms with Crippen molar-refractivity contribution in [3.8, 4) is 0 Å². The van der Waals surface area contributed by atoms with Crippen LogP contribution in [0.4, 0.5) is 16.3 Å². The number of carbonyl (C=O) groups is 2. The fourth-order valence-corrected chi connectivity index (χ4v) is 2.10. The molecule has 0 unspecified atom stereocenters. The summed E-state index contributed by atoms with van der Waals surface area (Å²) in [5, 5.41) is 2.65. The van der Waals surface area contributed by atoms with Gasteiger partial charge in [0.05, 0.1) is 6.54 Å². The molecule has 0 spiro atoms. The first-order valence-corrected chi connectivity index (χ1v) is 7.19. The number of pyridine rings is 1. The zero-order chi connectivity index (χ0) is 16.3. The largest absolute Gasteiger partial charge is 0.444 e. The number of piperazine rings is 1. The molecule has 1 aliphatic heterocycles. The van der Waals surface area contributed by atoms with E-state index in [9.17, 15) is 9.59 Å². The fourth-order valence-electron chi connectivity index (χ4n) is 2.10. The van der Waals surface area contributed by atoms with Crippen LogP contribution >= 0.6 is 0 Å². The quantitative estimate of drug-likeness (QED) is 0.900. The number of carbonyl (C=O) groups excluding carboxylic acids is 2. The first-order valence-electron chi connectivity index (χ1n) is 7.19. The minimum Gasteiger partial charge on any atom is -0.444 e. The number of anilines is 2. The molecule has 1 aromatic heterocycles. The normalized spacial score (nSPS) is 16.5. The first-order chi connectivity index (χ1) is 10.2.